The molecule has 6 heteroatoms. The van der Waals surface area contributed by atoms with E-state index in [2.05, 4.69) is 21.0 Å². The van der Waals surface area contributed by atoms with Crippen molar-refractivity contribution in [1.82, 2.24) is 19.9 Å². The van der Waals surface area contributed by atoms with Crippen LogP contribution in [0.5, 0.6) is 0 Å². The summed E-state index contributed by atoms with van der Waals surface area (Å²) in [6.45, 7) is 0.675. The SMILES string of the molecule is O=C(c1nc2c(Cl)cccc2[nH]1)N1CCc2ncccc2C1C1CC1. The van der Waals surface area contributed by atoms with Crippen molar-refractivity contribution < 1.29 is 4.79 Å². The molecule has 1 unspecified atom stereocenters. The monoisotopic (exact) mass is 352 g/mol. The highest BCUT2D eigenvalue weighted by atomic mass is 35.5. The highest BCUT2D eigenvalue weighted by Gasteiger charge is 2.42. The van der Waals surface area contributed by atoms with Crippen molar-refractivity contribution in [2.75, 3.05) is 6.54 Å². The van der Waals surface area contributed by atoms with E-state index in [-0.39, 0.29) is 11.9 Å². The van der Waals surface area contributed by atoms with Crippen molar-refractivity contribution >= 4 is 28.5 Å². The predicted octanol–water partition coefficient (Wildman–Crippen LogP) is 3.76. The van der Waals surface area contributed by atoms with Crippen LogP contribution in [0.1, 0.15) is 40.8 Å². The van der Waals surface area contributed by atoms with E-state index in [1.54, 1.807) is 6.07 Å². The Morgan fingerprint density at radius 2 is 2.12 bits per heavy atom. The van der Waals surface area contributed by atoms with E-state index in [0.29, 0.717) is 28.8 Å². The van der Waals surface area contributed by atoms with E-state index < -0.39 is 0 Å². The fourth-order valence-electron chi connectivity index (χ4n) is 3.84. The molecule has 1 saturated carbocycles. The topological polar surface area (TPSA) is 61.9 Å². The first kappa shape index (κ1) is 14.9. The third kappa shape index (κ3) is 2.42. The summed E-state index contributed by atoms with van der Waals surface area (Å²) < 4.78 is 0. The summed E-state index contributed by atoms with van der Waals surface area (Å²) >= 11 is 6.20. The molecule has 1 fully saturated rings. The van der Waals surface area contributed by atoms with Crippen molar-refractivity contribution in [3.8, 4) is 0 Å². The maximum Gasteiger partial charge on any atom is 0.290 e. The van der Waals surface area contributed by atoms with Crippen molar-refractivity contribution in [3.63, 3.8) is 0 Å². The molecule has 25 heavy (non-hydrogen) atoms. The van der Waals surface area contributed by atoms with E-state index in [4.69, 9.17) is 11.6 Å². The zero-order chi connectivity index (χ0) is 17.0. The zero-order valence-corrected chi connectivity index (χ0v) is 14.3. The summed E-state index contributed by atoms with van der Waals surface area (Å²) in [6.07, 6.45) is 4.94. The third-order valence-corrected chi connectivity index (χ3v) is 5.47. The summed E-state index contributed by atoms with van der Waals surface area (Å²) in [5.41, 5.74) is 3.75. The highest BCUT2D eigenvalue weighted by Crippen LogP contribution is 2.47. The lowest BCUT2D eigenvalue weighted by atomic mass is 9.93. The number of imidazole rings is 1. The minimum absolute atomic E-state index is 0.0568. The van der Waals surface area contributed by atoms with Crippen LogP contribution in [0.4, 0.5) is 0 Å². The number of pyridine rings is 1. The number of benzene rings is 1. The van der Waals surface area contributed by atoms with Gasteiger partial charge in [0, 0.05) is 24.9 Å². The number of H-pyrrole nitrogens is 1. The Kier molecular flexibility index (Phi) is 3.31. The number of aromatic amines is 1. The Balaban J connectivity index is 1.55. The number of nitrogens with one attached hydrogen (secondary N) is 1. The molecule has 1 aromatic carbocycles. The van der Waals surface area contributed by atoms with Crippen LogP contribution in [0.25, 0.3) is 11.0 Å². The molecule has 5 rings (SSSR count). The quantitative estimate of drug-likeness (QED) is 0.763. The molecule has 0 saturated heterocycles. The van der Waals surface area contributed by atoms with Crippen LogP contribution in [0.3, 0.4) is 0 Å². The summed E-state index contributed by atoms with van der Waals surface area (Å²) in [4.78, 5) is 27.3. The lowest BCUT2D eigenvalue weighted by Crippen LogP contribution is -2.41. The number of amides is 1. The first-order valence-corrected chi connectivity index (χ1v) is 8.99. The smallest absolute Gasteiger partial charge is 0.290 e. The van der Waals surface area contributed by atoms with Gasteiger partial charge in [-0.3, -0.25) is 9.78 Å². The molecule has 3 heterocycles. The van der Waals surface area contributed by atoms with Crippen LogP contribution < -0.4 is 0 Å². The fraction of sp³-hybridized carbons (Fsp3) is 0.316. The molecular formula is C19H17ClN4O. The van der Waals surface area contributed by atoms with E-state index in [1.807, 2.05) is 29.3 Å². The Bertz CT molecular complexity index is 978. The van der Waals surface area contributed by atoms with Crippen LogP contribution in [0.2, 0.25) is 5.02 Å². The van der Waals surface area contributed by atoms with E-state index in [9.17, 15) is 4.79 Å². The van der Waals surface area contributed by atoms with Gasteiger partial charge in [-0.25, -0.2) is 4.98 Å². The van der Waals surface area contributed by atoms with Crippen LogP contribution >= 0.6 is 11.6 Å². The number of aromatic nitrogens is 3. The number of nitrogens with zero attached hydrogens (tertiary/aromatic N) is 3. The van der Waals surface area contributed by atoms with Gasteiger partial charge in [-0.2, -0.15) is 0 Å². The van der Waals surface area contributed by atoms with Crippen molar-refractivity contribution in [2.45, 2.75) is 25.3 Å². The average Bonchev–Trinajstić information content (AvgIpc) is 3.38. The largest absolute Gasteiger partial charge is 0.334 e. The Morgan fingerprint density at radius 1 is 1.24 bits per heavy atom. The van der Waals surface area contributed by atoms with Crippen LogP contribution in [-0.2, 0) is 6.42 Å². The highest BCUT2D eigenvalue weighted by molar-refractivity contribution is 6.35. The predicted molar refractivity (Wildman–Crippen MR) is 95.5 cm³/mol. The molecule has 0 radical (unpaired) electrons. The van der Waals surface area contributed by atoms with Gasteiger partial charge in [-0.15, -0.1) is 0 Å². The molecule has 0 bridgehead atoms. The molecule has 1 aliphatic heterocycles. The average molecular weight is 353 g/mol. The summed E-state index contributed by atoms with van der Waals surface area (Å²) in [5, 5.41) is 0.555. The van der Waals surface area contributed by atoms with Gasteiger partial charge in [-0.1, -0.05) is 23.7 Å². The third-order valence-electron chi connectivity index (χ3n) is 5.16. The second-order valence-electron chi connectivity index (χ2n) is 6.79. The van der Waals surface area contributed by atoms with Crippen LogP contribution in [-0.4, -0.2) is 32.3 Å². The van der Waals surface area contributed by atoms with Gasteiger partial charge in [0.2, 0.25) is 0 Å². The van der Waals surface area contributed by atoms with E-state index in [0.717, 1.165) is 30.5 Å². The Hall–Kier alpha value is -2.40. The Labute approximate surface area is 150 Å². The fourth-order valence-corrected chi connectivity index (χ4v) is 4.06. The van der Waals surface area contributed by atoms with Crippen LogP contribution in [0, 0.1) is 5.92 Å². The molecule has 3 aromatic rings. The number of carbonyl (C=O) groups excluding carboxylic acids is 1. The van der Waals surface area contributed by atoms with Gasteiger partial charge in [0.1, 0.15) is 5.52 Å². The lowest BCUT2D eigenvalue weighted by molar-refractivity contribution is 0.0621. The first-order valence-electron chi connectivity index (χ1n) is 8.61. The number of halogens is 1. The first-order chi connectivity index (χ1) is 12.2. The molecule has 1 amide bonds. The van der Waals surface area contributed by atoms with E-state index >= 15 is 0 Å². The summed E-state index contributed by atoms with van der Waals surface area (Å²) in [5.74, 6) is 0.833. The maximum absolute atomic E-state index is 13.2. The number of hydrogen-bond donors (Lipinski definition) is 1. The number of hydrogen-bond acceptors (Lipinski definition) is 3. The molecular weight excluding hydrogens is 336 g/mol. The van der Waals surface area contributed by atoms with Crippen molar-refractivity contribution in [3.05, 3.63) is 58.6 Å². The molecule has 5 nitrogen and oxygen atoms in total. The maximum atomic E-state index is 13.2. The number of fused-ring (bicyclic) bond motifs is 2. The zero-order valence-electron chi connectivity index (χ0n) is 13.6. The second-order valence-corrected chi connectivity index (χ2v) is 7.20. The molecule has 1 atom stereocenters. The minimum atomic E-state index is -0.0568. The minimum Gasteiger partial charge on any atom is -0.334 e. The van der Waals surface area contributed by atoms with Crippen LogP contribution in [0.15, 0.2) is 36.5 Å². The summed E-state index contributed by atoms with van der Waals surface area (Å²) in [6, 6.07) is 9.71. The number of carbonyl (C=O) groups is 1. The van der Waals surface area contributed by atoms with Gasteiger partial charge in [-0.05, 0) is 42.5 Å². The van der Waals surface area contributed by atoms with E-state index in [1.165, 1.54) is 5.56 Å². The number of rotatable bonds is 2. The normalized spacial score (nSPS) is 19.9. The van der Waals surface area contributed by atoms with Gasteiger partial charge >= 0.3 is 0 Å². The lowest BCUT2D eigenvalue weighted by Gasteiger charge is -2.36. The molecule has 0 spiro atoms. The molecule has 2 aromatic heterocycles. The van der Waals surface area contributed by atoms with Crippen molar-refractivity contribution in [1.29, 1.82) is 0 Å². The van der Waals surface area contributed by atoms with Gasteiger partial charge < -0.3 is 9.88 Å². The number of para-hydroxylation sites is 1. The molecule has 2 aliphatic rings. The molecule has 1 N–H and O–H groups in total. The molecule has 126 valence electrons. The molecule has 1 aliphatic carbocycles. The Morgan fingerprint density at radius 3 is 2.92 bits per heavy atom. The van der Waals surface area contributed by atoms with Gasteiger partial charge in [0.05, 0.1) is 16.6 Å². The second kappa shape index (κ2) is 5.56. The van der Waals surface area contributed by atoms with Gasteiger partial charge in [0.25, 0.3) is 5.91 Å². The van der Waals surface area contributed by atoms with Gasteiger partial charge in [0.15, 0.2) is 5.82 Å². The van der Waals surface area contributed by atoms with Crippen molar-refractivity contribution in [2.24, 2.45) is 5.92 Å². The standard InChI is InChI=1S/C19H17ClN4O/c20-13-4-1-5-15-16(13)23-18(22-15)19(25)24-10-8-14-12(3-2-9-21-14)17(24)11-6-7-11/h1-5,9,11,17H,6-8,10H2,(H,22,23). The summed E-state index contributed by atoms with van der Waals surface area (Å²) in [7, 11) is 0.